The number of hydrogen-bond acceptors (Lipinski definition) is 8. The van der Waals surface area contributed by atoms with Crippen molar-refractivity contribution in [2.45, 2.75) is 12.4 Å². The van der Waals surface area contributed by atoms with Crippen molar-refractivity contribution in [3.05, 3.63) is 35.4 Å². The molecule has 0 amide bonds. The molecule has 8 nitrogen and oxygen atoms in total. The molecule has 1 fully saturated rings. The third-order valence-corrected chi connectivity index (χ3v) is 4.70. The lowest BCUT2D eigenvalue weighted by molar-refractivity contribution is -0.0610. The molecule has 0 aromatic heterocycles. The van der Waals surface area contributed by atoms with Gasteiger partial charge < -0.3 is 37.9 Å². The van der Waals surface area contributed by atoms with Crippen LogP contribution in [0.2, 0.25) is 0 Å². The summed E-state index contributed by atoms with van der Waals surface area (Å²) < 4.78 is 44.5. The van der Waals surface area contributed by atoms with Crippen molar-refractivity contribution in [2.75, 3.05) is 49.3 Å². The van der Waals surface area contributed by atoms with E-state index >= 15 is 0 Å². The van der Waals surface area contributed by atoms with E-state index in [1.54, 1.807) is 42.7 Å². The summed E-state index contributed by atoms with van der Waals surface area (Å²) in [6.07, 6.45) is -0.902. The third-order valence-electron chi connectivity index (χ3n) is 4.70. The smallest absolute Gasteiger partial charge is 0.203 e. The lowest BCUT2D eigenvalue weighted by atomic mass is 10.1. The predicted molar refractivity (Wildman–Crippen MR) is 105 cm³/mol. The van der Waals surface area contributed by atoms with Crippen LogP contribution < -0.4 is 28.4 Å². The lowest BCUT2D eigenvalue weighted by Gasteiger charge is -2.18. The molecule has 0 N–H and O–H groups in total. The summed E-state index contributed by atoms with van der Waals surface area (Å²) in [5, 5.41) is 0. The van der Waals surface area contributed by atoms with Gasteiger partial charge >= 0.3 is 0 Å². The second kappa shape index (κ2) is 9.11. The Kier molecular flexibility index (Phi) is 6.56. The Bertz CT molecular complexity index is 731. The lowest BCUT2D eigenvalue weighted by Crippen LogP contribution is -2.04. The van der Waals surface area contributed by atoms with Crippen molar-refractivity contribution in [3.63, 3.8) is 0 Å². The highest BCUT2D eigenvalue weighted by molar-refractivity contribution is 5.55. The Balaban J connectivity index is 1.89. The molecule has 2 aromatic rings. The first-order valence-electron chi connectivity index (χ1n) is 8.97. The van der Waals surface area contributed by atoms with Gasteiger partial charge in [0.2, 0.25) is 11.5 Å². The van der Waals surface area contributed by atoms with Crippen molar-refractivity contribution in [1.29, 1.82) is 0 Å². The van der Waals surface area contributed by atoms with Gasteiger partial charge in [0.15, 0.2) is 29.3 Å². The molecule has 0 bridgehead atoms. The molecular weight excluding hydrogens is 380 g/mol. The van der Waals surface area contributed by atoms with Crippen LogP contribution in [0.3, 0.4) is 0 Å². The van der Waals surface area contributed by atoms with Crippen molar-refractivity contribution in [1.82, 2.24) is 0 Å². The van der Waals surface area contributed by atoms with E-state index in [0.29, 0.717) is 41.1 Å². The first-order valence-corrected chi connectivity index (χ1v) is 8.97. The Morgan fingerprint density at radius 1 is 0.621 bits per heavy atom. The molecule has 158 valence electrons. The van der Waals surface area contributed by atoms with Gasteiger partial charge in [0.05, 0.1) is 49.3 Å². The van der Waals surface area contributed by atoms with Gasteiger partial charge in [0.1, 0.15) is 6.10 Å². The fraction of sp³-hybridized carbons (Fsp3) is 0.429. The van der Waals surface area contributed by atoms with Crippen LogP contribution in [0.25, 0.3) is 0 Å². The van der Waals surface area contributed by atoms with Gasteiger partial charge in [-0.1, -0.05) is 0 Å². The number of rotatable bonds is 8. The normalized spacial score (nSPS) is 18.3. The second-order valence-corrected chi connectivity index (χ2v) is 6.21. The molecule has 1 aliphatic heterocycles. The molecule has 1 aliphatic rings. The van der Waals surface area contributed by atoms with E-state index in [1.165, 1.54) is 0 Å². The van der Waals surface area contributed by atoms with E-state index in [1.807, 2.05) is 24.3 Å². The minimum atomic E-state index is -0.590. The summed E-state index contributed by atoms with van der Waals surface area (Å²) in [5.41, 5.74) is 1.61. The summed E-state index contributed by atoms with van der Waals surface area (Å²) in [5.74, 6) is 3.22. The molecule has 2 atom stereocenters. The monoisotopic (exact) mass is 406 g/mol. The van der Waals surface area contributed by atoms with E-state index in [9.17, 15) is 0 Å². The van der Waals surface area contributed by atoms with Gasteiger partial charge in [0.25, 0.3) is 0 Å². The fourth-order valence-electron chi connectivity index (χ4n) is 3.28. The van der Waals surface area contributed by atoms with E-state index in [2.05, 4.69) is 0 Å². The molecule has 2 aromatic carbocycles. The van der Waals surface area contributed by atoms with Crippen LogP contribution in [0.4, 0.5) is 0 Å². The highest BCUT2D eigenvalue weighted by Gasteiger charge is 2.31. The van der Waals surface area contributed by atoms with E-state index in [0.717, 1.165) is 11.1 Å². The Hall–Kier alpha value is -2.84. The predicted octanol–water partition coefficient (Wildman–Crippen LogP) is 3.52. The quantitative estimate of drug-likeness (QED) is 0.659. The van der Waals surface area contributed by atoms with Crippen LogP contribution in [0, 0.1) is 0 Å². The average Bonchev–Trinajstić information content (AvgIpc) is 3.27. The summed E-state index contributed by atoms with van der Waals surface area (Å²) in [6.45, 7) is 0.361. The Labute approximate surface area is 170 Å². The number of methoxy groups -OCH3 is 6. The maximum absolute atomic E-state index is 6.15. The minimum absolute atomic E-state index is 0.312. The highest BCUT2D eigenvalue weighted by Crippen LogP contribution is 2.45. The largest absolute Gasteiger partial charge is 0.493 e. The van der Waals surface area contributed by atoms with Crippen LogP contribution in [0.5, 0.6) is 34.5 Å². The molecule has 0 saturated carbocycles. The van der Waals surface area contributed by atoms with Gasteiger partial charge in [-0.2, -0.15) is 0 Å². The van der Waals surface area contributed by atoms with Crippen LogP contribution in [-0.4, -0.2) is 49.3 Å². The van der Waals surface area contributed by atoms with Gasteiger partial charge in [-0.3, -0.25) is 0 Å². The maximum atomic E-state index is 6.15. The minimum Gasteiger partial charge on any atom is -0.493 e. The average molecular weight is 406 g/mol. The first kappa shape index (κ1) is 20.9. The molecule has 0 unspecified atom stereocenters. The van der Waals surface area contributed by atoms with Crippen molar-refractivity contribution >= 4 is 0 Å². The van der Waals surface area contributed by atoms with Crippen molar-refractivity contribution in [3.8, 4) is 34.5 Å². The molecule has 0 spiro atoms. The zero-order valence-electron chi connectivity index (χ0n) is 17.4. The van der Waals surface area contributed by atoms with E-state index < -0.39 is 6.29 Å². The topological polar surface area (TPSA) is 73.8 Å². The summed E-state index contributed by atoms with van der Waals surface area (Å²) in [7, 11) is 9.41. The molecule has 29 heavy (non-hydrogen) atoms. The number of benzene rings is 2. The summed E-state index contributed by atoms with van der Waals surface area (Å²) in [4.78, 5) is 0. The Morgan fingerprint density at radius 3 is 1.41 bits per heavy atom. The Morgan fingerprint density at radius 2 is 1.03 bits per heavy atom. The van der Waals surface area contributed by atoms with Gasteiger partial charge in [0, 0.05) is 5.56 Å². The SMILES string of the molecule is COc1cc([C@@H]2OC[C@H](c3cc(OC)c(OC)c(OC)c3)O2)cc(OC)c1OC. The van der Waals surface area contributed by atoms with Crippen molar-refractivity contribution < 1.29 is 37.9 Å². The number of hydrogen-bond donors (Lipinski definition) is 0. The van der Waals surface area contributed by atoms with Gasteiger partial charge in [-0.15, -0.1) is 0 Å². The number of ether oxygens (including phenoxy) is 8. The molecule has 1 heterocycles. The molecule has 0 radical (unpaired) electrons. The third kappa shape index (κ3) is 3.99. The van der Waals surface area contributed by atoms with E-state index in [4.69, 9.17) is 37.9 Å². The maximum Gasteiger partial charge on any atom is 0.203 e. The standard InChI is InChI=1S/C21H26O8/c1-22-14-7-12(8-15(23-2)19(14)26-5)18-11-28-21(29-18)13-9-16(24-3)20(27-6)17(10-13)25-4/h7-10,18,21H,11H2,1-6H3/t18-,21-/m1/s1. The molecule has 8 heteroatoms. The highest BCUT2D eigenvalue weighted by atomic mass is 16.7. The summed E-state index contributed by atoms with van der Waals surface area (Å²) in [6, 6.07) is 7.33. The first-order chi connectivity index (χ1) is 14.1. The second-order valence-electron chi connectivity index (χ2n) is 6.21. The van der Waals surface area contributed by atoms with Gasteiger partial charge in [-0.05, 0) is 29.8 Å². The zero-order valence-corrected chi connectivity index (χ0v) is 17.4. The van der Waals surface area contributed by atoms with E-state index in [-0.39, 0.29) is 6.10 Å². The summed E-state index contributed by atoms with van der Waals surface area (Å²) >= 11 is 0. The molecular formula is C21H26O8. The van der Waals surface area contributed by atoms with Crippen LogP contribution >= 0.6 is 0 Å². The fourth-order valence-corrected chi connectivity index (χ4v) is 3.28. The van der Waals surface area contributed by atoms with Gasteiger partial charge in [-0.25, -0.2) is 0 Å². The van der Waals surface area contributed by atoms with Crippen LogP contribution in [0.1, 0.15) is 23.5 Å². The van der Waals surface area contributed by atoms with Crippen LogP contribution in [0.15, 0.2) is 24.3 Å². The van der Waals surface area contributed by atoms with Crippen molar-refractivity contribution in [2.24, 2.45) is 0 Å². The molecule has 0 aliphatic carbocycles. The zero-order chi connectivity index (χ0) is 21.0. The van der Waals surface area contributed by atoms with Crippen LogP contribution in [-0.2, 0) is 9.47 Å². The molecule has 3 rings (SSSR count). The molecule has 1 saturated heterocycles.